The lowest BCUT2D eigenvalue weighted by Gasteiger charge is -2.19. The van der Waals surface area contributed by atoms with Gasteiger partial charge in [-0.15, -0.1) is 0 Å². The van der Waals surface area contributed by atoms with Crippen molar-refractivity contribution in [2.75, 3.05) is 6.61 Å². The van der Waals surface area contributed by atoms with E-state index in [9.17, 15) is 15.0 Å². The maximum atomic E-state index is 12.5. The second-order valence-corrected chi connectivity index (χ2v) is 24.6. The zero-order valence-corrected chi connectivity index (χ0v) is 53.7. The number of carbonyl (C=O) groups is 1. The quantitative estimate of drug-likeness (QED) is 0.0420. The number of allylic oxidation sites excluding steroid dienone is 9. The molecule has 0 bridgehead atoms. The first-order chi connectivity index (χ1) is 39.2. The van der Waals surface area contributed by atoms with Gasteiger partial charge in [-0.05, 0) is 77.0 Å². The number of nitrogens with one attached hydrogen (secondary N) is 1. The molecule has 464 valence electrons. The van der Waals surface area contributed by atoms with Gasteiger partial charge in [0.15, 0.2) is 0 Å². The van der Waals surface area contributed by atoms with Crippen molar-refractivity contribution in [3.8, 4) is 0 Å². The zero-order valence-electron chi connectivity index (χ0n) is 53.7. The molecule has 2 unspecified atom stereocenters. The van der Waals surface area contributed by atoms with Gasteiger partial charge >= 0.3 is 0 Å². The Morgan fingerprint density at radius 1 is 0.304 bits per heavy atom. The van der Waals surface area contributed by atoms with Gasteiger partial charge in [-0.3, -0.25) is 4.79 Å². The van der Waals surface area contributed by atoms with Crippen LogP contribution in [0.15, 0.2) is 60.8 Å². The molecular formula is C75H141NO3. The van der Waals surface area contributed by atoms with Crippen molar-refractivity contribution in [3.05, 3.63) is 60.8 Å². The average molecular weight is 1100 g/mol. The predicted molar refractivity (Wildman–Crippen MR) is 354 cm³/mol. The monoisotopic (exact) mass is 1100 g/mol. The van der Waals surface area contributed by atoms with Crippen LogP contribution in [0.2, 0.25) is 0 Å². The van der Waals surface area contributed by atoms with E-state index >= 15 is 0 Å². The van der Waals surface area contributed by atoms with E-state index in [4.69, 9.17) is 0 Å². The topological polar surface area (TPSA) is 69.6 Å². The van der Waals surface area contributed by atoms with Gasteiger partial charge in [0.2, 0.25) is 5.91 Å². The zero-order chi connectivity index (χ0) is 56.9. The number of unbranched alkanes of at least 4 members (excludes halogenated alkanes) is 52. The summed E-state index contributed by atoms with van der Waals surface area (Å²) in [4.78, 5) is 12.5. The number of hydrogen-bond donors (Lipinski definition) is 3. The van der Waals surface area contributed by atoms with Gasteiger partial charge in [0.25, 0.3) is 0 Å². The van der Waals surface area contributed by atoms with Crippen molar-refractivity contribution in [1.29, 1.82) is 0 Å². The van der Waals surface area contributed by atoms with Crippen molar-refractivity contribution in [3.63, 3.8) is 0 Å². The third-order valence-corrected chi connectivity index (χ3v) is 16.7. The van der Waals surface area contributed by atoms with Gasteiger partial charge in [0.05, 0.1) is 18.8 Å². The lowest BCUT2D eigenvalue weighted by molar-refractivity contribution is -0.123. The maximum Gasteiger partial charge on any atom is 0.220 e. The van der Waals surface area contributed by atoms with Crippen LogP contribution in [0.4, 0.5) is 0 Å². The maximum absolute atomic E-state index is 12.5. The lowest BCUT2D eigenvalue weighted by atomic mass is 10.0. The molecule has 0 rings (SSSR count). The minimum absolute atomic E-state index is 0.0713. The first kappa shape index (κ1) is 77.1. The highest BCUT2D eigenvalue weighted by Crippen LogP contribution is 2.19. The van der Waals surface area contributed by atoms with E-state index in [1.54, 1.807) is 6.08 Å². The van der Waals surface area contributed by atoms with Crippen LogP contribution in [0.3, 0.4) is 0 Å². The summed E-state index contributed by atoms with van der Waals surface area (Å²) in [5.74, 6) is -0.0713. The van der Waals surface area contributed by atoms with E-state index in [0.29, 0.717) is 6.42 Å². The van der Waals surface area contributed by atoms with Crippen LogP contribution in [-0.2, 0) is 4.79 Å². The Labute approximate surface area is 496 Å². The molecule has 0 aromatic rings. The Bertz CT molecular complexity index is 1300. The molecule has 0 saturated carbocycles. The Morgan fingerprint density at radius 3 is 0.810 bits per heavy atom. The molecule has 79 heavy (non-hydrogen) atoms. The molecule has 4 nitrogen and oxygen atoms in total. The molecule has 3 N–H and O–H groups in total. The summed E-state index contributed by atoms with van der Waals surface area (Å²) in [5, 5.41) is 23.3. The Balaban J connectivity index is 3.47. The van der Waals surface area contributed by atoms with E-state index in [1.807, 2.05) is 6.08 Å². The van der Waals surface area contributed by atoms with Gasteiger partial charge in [0, 0.05) is 6.42 Å². The summed E-state index contributed by atoms with van der Waals surface area (Å²) < 4.78 is 0. The number of aliphatic hydroxyl groups excluding tert-OH is 2. The van der Waals surface area contributed by atoms with Crippen LogP contribution in [0.5, 0.6) is 0 Å². The van der Waals surface area contributed by atoms with Crippen LogP contribution in [0.25, 0.3) is 0 Å². The third-order valence-electron chi connectivity index (χ3n) is 16.7. The molecule has 0 aliphatic carbocycles. The summed E-state index contributed by atoms with van der Waals surface area (Å²) in [6.07, 6.45) is 100. The lowest BCUT2D eigenvalue weighted by Crippen LogP contribution is -2.45. The molecule has 0 spiro atoms. The van der Waals surface area contributed by atoms with Crippen LogP contribution in [0.1, 0.15) is 393 Å². The van der Waals surface area contributed by atoms with E-state index in [1.165, 1.54) is 327 Å². The molecule has 1 amide bonds. The van der Waals surface area contributed by atoms with Gasteiger partial charge in [-0.1, -0.05) is 370 Å². The van der Waals surface area contributed by atoms with Gasteiger partial charge in [-0.25, -0.2) is 0 Å². The normalized spacial score (nSPS) is 13.0. The molecule has 0 heterocycles. The summed E-state index contributed by atoms with van der Waals surface area (Å²) in [6, 6.07) is -0.648. The first-order valence-corrected chi connectivity index (χ1v) is 36.0. The van der Waals surface area contributed by atoms with Crippen molar-refractivity contribution < 1.29 is 15.0 Å². The molecule has 0 saturated heterocycles. The van der Waals surface area contributed by atoms with E-state index in [0.717, 1.165) is 44.9 Å². The highest BCUT2D eigenvalue weighted by molar-refractivity contribution is 5.76. The molecule has 0 aromatic heterocycles. The minimum atomic E-state index is -0.873. The highest BCUT2D eigenvalue weighted by atomic mass is 16.3. The van der Waals surface area contributed by atoms with Crippen LogP contribution in [0, 0.1) is 0 Å². The van der Waals surface area contributed by atoms with E-state index in [-0.39, 0.29) is 12.5 Å². The summed E-state index contributed by atoms with van der Waals surface area (Å²) in [5.41, 5.74) is 0. The largest absolute Gasteiger partial charge is 0.394 e. The number of rotatable bonds is 67. The molecular weight excluding hydrogens is 963 g/mol. The van der Waals surface area contributed by atoms with Crippen molar-refractivity contribution in [1.82, 2.24) is 5.32 Å². The first-order valence-electron chi connectivity index (χ1n) is 36.0. The fourth-order valence-electron chi connectivity index (χ4n) is 11.2. The van der Waals surface area contributed by atoms with Crippen molar-refractivity contribution in [2.45, 2.75) is 405 Å². The minimum Gasteiger partial charge on any atom is -0.394 e. The van der Waals surface area contributed by atoms with Crippen LogP contribution >= 0.6 is 0 Å². The number of aliphatic hydroxyl groups is 2. The number of hydrogen-bond acceptors (Lipinski definition) is 3. The second kappa shape index (κ2) is 70.4. The Hall–Kier alpha value is -1.91. The number of carbonyl (C=O) groups excluding carboxylic acids is 1. The van der Waals surface area contributed by atoms with Crippen molar-refractivity contribution >= 4 is 5.91 Å². The molecule has 0 aromatic carbocycles. The molecule has 0 aliphatic rings. The average Bonchev–Trinajstić information content (AvgIpc) is 3.45. The molecule has 0 fully saturated rings. The van der Waals surface area contributed by atoms with Gasteiger partial charge in [0.1, 0.15) is 0 Å². The van der Waals surface area contributed by atoms with Crippen LogP contribution < -0.4 is 5.32 Å². The second-order valence-electron chi connectivity index (χ2n) is 24.6. The molecule has 0 radical (unpaired) electrons. The predicted octanol–water partition coefficient (Wildman–Crippen LogP) is 24.7. The van der Waals surface area contributed by atoms with E-state index in [2.05, 4.69) is 67.8 Å². The molecule has 0 aliphatic heterocycles. The Kier molecular flexibility index (Phi) is 68.7. The summed E-state index contributed by atoms with van der Waals surface area (Å²) in [6.45, 7) is 4.33. The SMILES string of the molecule is CCCCCCC/C=C\C/C=C\CCCCCCCCCCCCCCCCCCCCCCCCCC(=O)NC(CO)C(O)/C=C/CC/C=C/CC/C=C/CCCCCCCCCCCCCCCCCCCCCCCC. The smallest absolute Gasteiger partial charge is 0.220 e. The van der Waals surface area contributed by atoms with E-state index < -0.39 is 12.1 Å². The molecule has 2 atom stereocenters. The summed E-state index contributed by atoms with van der Waals surface area (Å²) in [7, 11) is 0. The van der Waals surface area contributed by atoms with Crippen molar-refractivity contribution in [2.24, 2.45) is 0 Å². The fraction of sp³-hybridized carbons (Fsp3) is 0.853. The summed E-state index contributed by atoms with van der Waals surface area (Å²) >= 11 is 0. The number of amides is 1. The molecule has 4 heteroatoms. The fourth-order valence-corrected chi connectivity index (χ4v) is 11.2. The van der Waals surface area contributed by atoms with Gasteiger partial charge in [-0.2, -0.15) is 0 Å². The van der Waals surface area contributed by atoms with Gasteiger partial charge < -0.3 is 15.5 Å². The third kappa shape index (κ3) is 66.8. The highest BCUT2D eigenvalue weighted by Gasteiger charge is 2.18. The Morgan fingerprint density at radius 2 is 0.532 bits per heavy atom. The standard InChI is InChI=1S/C75H141NO3/c1-3-5-7-9-11-13-15-17-19-21-23-25-27-29-31-33-35-37-38-39-41-43-45-47-49-51-53-55-57-59-61-63-65-67-69-71-75(79)76-73(72-77)74(78)70-68-66-64-62-60-58-56-54-52-50-48-46-44-42-40-36-34-32-30-28-26-24-22-20-18-16-14-12-10-8-6-4-2/h15,17,21,23,52,54,60,62,68,70,73-74,77-78H,3-14,16,18-20,22,24-51,53,55-59,61,63-67,69,71-72H2,1-2H3,(H,76,79)/b17-15-,23-21-,54-52+,62-60+,70-68+. The van der Waals surface area contributed by atoms with Crippen LogP contribution in [-0.4, -0.2) is 34.9 Å².